The average molecular weight is 363 g/mol. The number of hydrogen-bond acceptors (Lipinski definition) is 3. The van der Waals surface area contributed by atoms with Gasteiger partial charge >= 0.3 is 0 Å². The van der Waals surface area contributed by atoms with Crippen molar-refractivity contribution < 1.29 is 9.18 Å². The van der Waals surface area contributed by atoms with E-state index in [4.69, 9.17) is 11.6 Å². The molecule has 1 amide bonds. The summed E-state index contributed by atoms with van der Waals surface area (Å²) in [6.45, 7) is 1.56. The third kappa shape index (κ3) is 3.03. The maximum absolute atomic E-state index is 13.3. The van der Waals surface area contributed by atoms with E-state index in [1.807, 2.05) is 0 Å². The van der Waals surface area contributed by atoms with Crippen molar-refractivity contribution in [2.75, 3.05) is 6.54 Å². The lowest BCUT2D eigenvalue weighted by Gasteiger charge is -2.25. The van der Waals surface area contributed by atoms with Crippen molar-refractivity contribution in [3.05, 3.63) is 46.3 Å². The third-order valence-electron chi connectivity index (χ3n) is 5.11. The smallest absolute Gasteiger partial charge is 0.255 e. The summed E-state index contributed by atoms with van der Waals surface area (Å²) in [5.74, 6) is 1.29. The first-order valence-electron chi connectivity index (χ1n) is 8.83. The number of fused-ring (bicyclic) bond motifs is 1. The Kier molecular flexibility index (Phi) is 4.46. The number of aryl methyl sites for hydroxylation is 1. The minimum Gasteiger partial charge on any atom is -0.328 e. The van der Waals surface area contributed by atoms with Crippen LogP contribution in [0.5, 0.6) is 0 Å². The monoisotopic (exact) mass is 362 g/mol. The lowest BCUT2D eigenvalue weighted by molar-refractivity contribution is 0.0727. The second-order valence-electron chi connectivity index (χ2n) is 6.72. The molecule has 0 spiro atoms. The van der Waals surface area contributed by atoms with E-state index in [1.54, 1.807) is 4.90 Å². The highest BCUT2D eigenvalue weighted by molar-refractivity contribution is 6.33. The van der Waals surface area contributed by atoms with E-state index < -0.39 is 5.82 Å². The Balaban J connectivity index is 1.65. The normalized spacial score (nSPS) is 20.4. The Morgan fingerprint density at radius 2 is 2.04 bits per heavy atom. The Hall–Kier alpha value is -1.95. The number of hydrogen-bond donors (Lipinski definition) is 0. The second-order valence-corrected chi connectivity index (χ2v) is 7.12. The summed E-state index contributed by atoms with van der Waals surface area (Å²) in [6.07, 6.45) is 6.16. The number of aromatic nitrogens is 3. The summed E-state index contributed by atoms with van der Waals surface area (Å²) in [5, 5.41) is 8.92. The van der Waals surface area contributed by atoms with Gasteiger partial charge in [-0.2, -0.15) is 0 Å². The highest BCUT2D eigenvalue weighted by atomic mass is 35.5. The van der Waals surface area contributed by atoms with Gasteiger partial charge < -0.3 is 9.47 Å². The van der Waals surface area contributed by atoms with Crippen molar-refractivity contribution in [1.82, 2.24) is 19.7 Å². The van der Waals surface area contributed by atoms with Crippen LogP contribution in [0, 0.1) is 5.82 Å². The van der Waals surface area contributed by atoms with E-state index in [9.17, 15) is 9.18 Å². The highest BCUT2D eigenvalue weighted by Crippen LogP contribution is 2.34. The lowest BCUT2D eigenvalue weighted by atomic mass is 10.1. The van der Waals surface area contributed by atoms with Gasteiger partial charge in [0.25, 0.3) is 5.91 Å². The molecule has 1 aromatic carbocycles. The molecular formula is C18H20ClFN4O. The standard InChI is InChI=1S/C18H20ClFN4O/c19-14-11-12(20)7-8-13(14)18(25)23-10-4-5-15(23)17-22-21-16-6-2-1-3-9-24(16)17/h7-8,11,15H,1-6,9-10H2. The number of carbonyl (C=O) groups is 1. The van der Waals surface area contributed by atoms with Gasteiger partial charge in [-0.25, -0.2) is 4.39 Å². The summed E-state index contributed by atoms with van der Waals surface area (Å²) < 4.78 is 15.5. The fraction of sp³-hybridized carbons (Fsp3) is 0.500. The molecule has 2 aromatic rings. The van der Waals surface area contributed by atoms with Crippen molar-refractivity contribution in [3.63, 3.8) is 0 Å². The van der Waals surface area contributed by atoms with Gasteiger partial charge in [-0.3, -0.25) is 4.79 Å². The van der Waals surface area contributed by atoms with Gasteiger partial charge in [0.05, 0.1) is 16.6 Å². The predicted octanol–water partition coefficient (Wildman–Crippen LogP) is 3.77. The Morgan fingerprint density at radius 3 is 2.88 bits per heavy atom. The molecule has 1 unspecified atom stereocenters. The molecule has 0 aliphatic carbocycles. The summed E-state index contributed by atoms with van der Waals surface area (Å²) in [5.41, 5.74) is 0.338. The van der Waals surface area contributed by atoms with E-state index in [0.29, 0.717) is 12.1 Å². The zero-order valence-electron chi connectivity index (χ0n) is 13.9. The van der Waals surface area contributed by atoms with Crippen molar-refractivity contribution in [2.45, 2.75) is 51.1 Å². The first-order valence-corrected chi connectivity index (χ1v) is 9.21. The van der Waals surface area contributed by atoms with Gasteiger partial charge in [0, 0.05) is 19.5 Å². The first-order chi connectivity index (χ1) is 12.1. The second kappa shape index (κ2) is 6.75. The number of likely N-dealkylation sites (tertiary alicyclic amines) is 1. The Labute approximate surface area is 150 Å². The molecule has 4 rings (SSSR count). The zero-order chi connectivity index (χ0) is 17.4. The van der Waals surface area contributed by atoms with E-state index >= 15 is 0 Å². The molecule has 1 saturated heterocycles. The van der Waals surface area contributed by atoms with Crippen LogP contribution < -0.4 is 0 Å². The van der Waals surface area contributed by atoms with E-state index in [0.717, 1.165) is 50.3 Å². The molecule has 0 bridgehead atoms. The third-order valence-corrected chi connectivity index (χ3v) is 5.42. The van der Waals surface area contributed by atoms with Gasteiger partial charge in [0.15, 0.2) is 5.82 Å². The van der Waals surface area contributed by atoms with Crippen LogP contribution in [0.25, 0.3) is 0 Å². The fourth-order valence-corrected chi connectivity index (χ4v) is 4.10. The Morgan fingerprint density at radius 1 is 1.16 bits per heavy atom. The molecule has 2 aliphatic rings. The first kappa shape index (κ1) is 16.5. The number of nitrogens with zero attached hydrogens (tertiary/aromatic N) is 4. The molecule has 2 aliphatic heterocycles. The minimum atomic E-state index is -0.442. The minimum absolute atomic E-state index is 0.0898. The van der Waals surface area contributed by atoms with Gasteiger partial charge in [-0.1, -0.05) is 18.0 Å². The van der Waals surface area contributed by atoms with Crippen LogP contribution >= 0.6 is 11.6 Å². The summed E-state index contributed by atoms with van der Waals surface area (Å²) >= 11 is 6.09. The molecule has 0 saturated carbocycles. The molecule has 1 aromatic heterocycles. The molecule has 132 valence electrons. The van der Waals surface area contributed by atoms with Crippen LogP contribution in [-0.2, 0) is 13.0 Å². The number of rotatable bonds is 2. The molecule has 0 radical (unpaired) electrons. The summed E-state index contributed by atoms with van der Waals surface area (Å²) in [6, 6.07) is 3.82. The average Bonchev–Trinajstić information content (AvgIpc) is 3.15. The number of halogens is 2. The molecule has 3 heterocycles. The van der Waals surface area contributed by atoms with Crippen LogP contribution in [0.4, 0.5) is 4.39 Å². The van der Waals surface area contributed by atoms with Gasteiger partial charge in [-0.05, 0) is 43.9 Å². The lowest BCUT2D eigenvalue weighted by Crippen LogP contribution is -2.32. The quantitative estimate of drug-likeness (QED) is 0.817. The SMILES string of the molecule is O=C(c1ccc(F)cc1Cl)N1CCCC1c1nnc2n1CCCCC2. The predicted molar refractivity (Wildman–Crippen MR) is 92.0 cm³/mol. The van der Waals surface area contributed by atoms with Crippen LogP contribution in [0.3, 0.4) is 0 Å². The molecule has 0 N–H and O–H groups in total. The van der Waals surface area contributed by atoms with Crippen molar-refractivity contribution >= 4 is 17.5 Å². The molecular weight excluding hydrogens is 343 g/mol. The Bertz CT molecular complexity index is 806. The summed E-state index contributed by atoms with van der Waals surface area (Å²) in [7, 11) is 0. The number of benzene rings is 1. The van der Waals surface area contributed by atoms with Crippen LogP contribution in [0.2, 0.25) is 5.02 Å². The van der Waals surface area contributed by atoms with Gasteiger partial charge in [0.2, 0.25) is 0 Å². The van der Waals surface area contributed by atoms with Gasteiger partial charge in [0.1, 0.15) is 11.6 Å². The van der Waals surface area contributed by atoms with E-state index in [-0.39, 0.29) is 17.0 Å². The van der Waals surface area contributed by atoms with Crippen molar-refractivity contribution in [3.8, 4) is 0 Å². The van der Waals surface area contributed by atoms with Gasteiger partial charge in [-0.15, -0.1) is 10.2 Å². The van der Waals surface area contributed by atoms with Crippen LogP contribution in [-0.4, -0.2) is 32.1 Å². The highest BCUT2D eigenvalue weighted by Gasteiger charge is 2.35. The van der Waals surface area contributed by atoms with Crippen molar-refractivity contribution in [1.29, 1.82) is 0 Å². The van der Waals surface area contributed by atoms with Crippen LogP contribution in [0.1, 0.15) is 60.2 Å². The zero-order valence-corrected chi connectivity index (χ0v) is 14.7. The summed E-state index contributed by atoms with van der Waals surface area (Å²) in [4.78, 5) is 14.8. The maximum Gasteiger partial charge on any atom is 0.255 e. The number of carbonyl (C=O) groups excluding carboxylic acids is 1. The molecule has 1 atom stereocenters. The molecule has 1 fully saturated rings. The number of amides is 1. The molecule has 7 heteroatoms. The van der Waals surface area contributed by atoms with E-state index in [2.05, 4.69) is 14.8 Å². The largest absolute Gasteiger partial charge is 0.328 e. The van der Waals surface area contributed by atoms with E-state index in [1.165, 1.54) is 24.6 Å². The van der Waals surface area contributed by atoms with Crippen molar-refractivity contribution in [2.24, 2.45) is 0 Å². The fourth-order valence-electron chi connectivity index (χ4n) is 3.85. The molecule has 25 heavy (non-hydrogen) atoms. The van der Waals surface area contributed by atoms with Crippen LogP contribution in [0.15, 0.2) is 18.2 Å². The topological polar surface area (TPSA) is 51.0 Å². The molecule has 5 nitrogen and oxygen atoms in total. The maximum atomic E-state index is 13.3.